The molecule has 0 saturated heterocycles. The van der Waals surface area contributed by atoms with Crippen molar-refractivity contribution in [3.05, 3.63) is 59.0 Å². The van der Waals surface area contributed by atoms with Crippen molar-refractivity contribution in [2.45, 2.75) is 13.3 Å². The molecule has 104 valence electrons. The largest absolute Gasteiger partial charge is 0.383 e. The van der Waals surface area contributed by atoms with Gasteiger partial charge in [0.2, 0.25) is 0 Å². The quantitative estimate of drug-likeness (QED) is 0.896. The van der Waals surface area contributed by atoms with Crippen LogP contribution >= 0.6 is 0 Å². The standard InChI is InChI=1S/C15H16FN3O/c1-10-9-12(16)5-4-11(10)6-8-19-15(20)13-3-2-7-18-14(13)17/h2-5,7,9H,6,8H2,1H3,(H2,17,18)(H,19,20). The molecule has 0 saturated carbocycles. The van der Waals surface area contributed by atoms with Crippen LogP contribution in [0.5, 0.6) is 0 Å². The highest BCUT2D eigenvalue weighted by Gasteiger charge is 2.09. The number of aromatic nitrogens is 1. The molecule has 0 aliphatic carbocycles. The van der Waals surface area contributed by atoms with Gasteiger partial charge in [-0.2, -0.15) is 0 Å². The van der Waals surface area contributed by atoms with Crippen LogP contribution in [0.2, 0.25) is 0 Å². The minimum atomic E-state index is -0.254. The number of benzene rings is 1. The number of nitrogens with zero attached hydrogens (tertiary/aromatic N) is 1. The van der Waals surface area contributed by atoms with Gasteiger partial charge in [-0.3, -0.25) is 4.79 Å². The first-order valence-corrected chi connectivity index (χ1v) is 6.31. The van der Waals surface area contributed by atoms with E-state index in [1.807, 2.05) is 6.92 Å². The first kappa shape index (κ1) is 14.0. The lowest BCUT2D eigenvalue weighted by atomic mass is 10.1. The minimum Gasteiger partial charge on any atom is -0.383 e. The van der Waals surface area contributed by atoms with Crippen molar-refractivity contribution in [2.75, 3.05) is 12.3 Å². The van der Waals surface area contributed by atoms with E-state index in [4.69, 9.17) is 5.73 Å². The molecule has 0 bridgehead atoms. The Kier molecular flexibility index (Phi) is 4.30. The number of amides is 1. The lowest BCUT2D eigenvalue weighted by Crippen LogP contribution is -2.26. The van der Waals surface area contributed by atoms with E-state index < -0.39 is 0 Å². The SMILES string of the molecule is Cc1cc(F)ccc1CCNC(=O)c1cccnc1N. The molecule has 0 aliphatic heterocycles. The molecule has 0 fully saturated rings. The van der Waals surface area contributed by atoms with Crippen molar-refractivity contribution in [2.24, 2.45) is 0 Å². The maximum atomic E-state index is 13.0. The van der Waals surface area contributed by atoms with E-state index in [2.05, 4.69) is 10.3 Å². The molecule has 4 nitrogen and oxygen atoms in total. The van der Waals surface area contributed by atoms with Crippen molar-refractivity contribution in [3.8, 4) is 0 Å². The van der Waals surface area contributed by atoms with Crippen molar-refractivity contribution >= 4 is 11.7 Å². The lowest BCUT2D eigenvalue weighted by molar-refractivity contribution is 0.0954. The third kappa shape index (κ3) is 3.32. The highest BCUT2D eigenvalue weighted by Crippen LogP contribution is 2.11. The number of hydrogen-bond acceptors (Lipinski definition) is 3. The molecule has 2 aromatic rings. The van der Waals surface area contributed by atoms with E-state index in [0.29, 0.717) is 18.5 Å². The summed E-state index contributed by atoms with van der Waals surface area (Å²) in [7, 11) is 0. The zero-order valence-corrected chi connectivity index (χ0v) is 11.2. The van der Waals surface area contributed by atoms with Crippen molar-refractivity contribution in [3.63, 3.8) is 0 Å². The normalized spacial score (nSPS) is 10.3. The first-order chi connectivity index (χ1) is 9.58. The summed E-state index contributed by atoms with van der Waals surface area (Å²) >= 11 is 0. The van der Waals surface area contributed by atoms with Crippen molar-refractivity contribution < 1.29 is 9.18 Å². The molecule has 20 heavy (non-hydrogen) atoms. The molecule has 2 rings (SSSR count). The molecule has 3 N–H and O–H groups in total. The van der Waals surface area contributed by atoms with Crippen molar-refractivity contribution in [1.82, 2.24) is 10.3 Å². The van der Waals surface area contributed by atoms with Crippen LogP contribution in [0, 0.1) is 12.7 Å². The van der Waals surface area contributed by atoms with Crippen LogP contribution in [0.25, 0.3) is 0 Å². The minimum absolute atomic E-state index is 0.211. The molecule has 1 aromatic carbocycles. The smallest absolute Gasteiger partial charge is 0.255 e. The number of aryl methyl sites for hydroxylation is 1. The number of nitrogen functional groups attached to an aromatic ring is 1. The molecule has 0 radical (unpaired) electrons. The highest BCUT2D eigenvalue weighted by atomic mass is 19.1. The zero-order valence-electron chi connectivity index (χ0n) is 11.2. The van der Waals surface area contributed by atoms with Gasteiger partial charge in [-0.05, 0) is 48.7 Å². The zero-order chi connectivity index (χ0) is 14.5. The highest BCUT2D eigenvalue weighted by molar-refractivity contribution is 5.98. The number of hydrogen-bond donors (Lipinski definition) is 2. The number of anilines is 1. The van der Waals surface area contributed by atoms with Gasteiger partial charge in [-0.1, -0.05) is 6.07 Å². The van der Waals surface area contributed by atoms with Gasteiger partial charge in [0.25, 0.3) is 5.91 Å². The third-order valence-corrected chi connectivity index (χ3v) is 3.07. The van der Waals surface area contributed by atoms with E-state index in [1.54, 1.807) is 18.2 Å². The second-order valence-electron chi connectivity index (χ2n) is 4.51. The van der Waals surface area contributed by atoms with Crippen LogP contribution in [0.1, 0.15) is 21.5 Å². The topological polar surface area (TPSA) is 68.0 Å². The second-order valence-corrected chi connectivity index (χ2v) is 4.51. The van der Waals surface area contributed by atoms with Gasteiger partial charge in [0, 0.05) is 12.7 Å². The Balaban J connectivity index is 1.93. The van der Waals surface area contributed by atoms with Crippen LogP contribution in [-0.4, -0.2) is 17.4 Å². The van der Waals surface area contributed by atoms with Crippen LogP contribution in [0.4, 0.5) is 10.2 Å². The molecule has 5 heteroatoms. The molecule has 0 atom stereocenters. The Morgan fingerprint density at radius 3 is 2.90 bits per heavy atom. The monoisotopic (exact) mass is 273 g/mol. The van der Waals surface area contributed by atoms with E-state index >= 15 is 0 Å². The number of nitrogens with two attached hydrogens (primary N) is 1. The van der Waals surface area contributed by atoms with Gasteiger partial charge in [-0.15, -0.1) is 0 Å². The molecular weight excluding hydrogens is 257 g/mol. The summed E-state index contributed by atoms with van der Waals surface area (Å²) < 4.78 is 13.0. The molecule has 1 aromatic heterocycles. The number of carbonyl (C=O) groups is 1. The van der Waals surface area contributed by atoms with Crippen LogP contribution in [0.3, 0.4) is 0 Å². The lowest BCUT2D eigenvalue weighted by Gasteiger charge is -2.08. The fraction of sp³-hybridized carbons (Fsp3) is 0.200. The van der Waals surface area contributed by atoms with E-state index in [9.17, 15) is 9.18 Å². The summed E-state index contributed by atoms with van der Waals surface area (Å²) in [5, 5.41) is 2.78. The van der Waals surface area contributed by atoms with Crippen LogP contribution in [-0.2, 0) is 6.42 Å². The summed E-state index contributed by atoms with van der Waals surface area (Å²) in [6, 6.07) is 7.92. The Morgan fingerprint density at radius 2 is 2.20 bits per heavy atom. The Hall–Kier alpha value is -2.43. The number of halogens is 1. The van der Waals surface area contributed by atoms with Gasteiger partial charge in [0.05, 0.1) is 5.56 Å². The maximum Gasteiger partial charge on any atom is 0.255 e. The second kappa shape index (κ2) is 6.14. The van der Waals surface area contributed by atoms with E-state index in [-0.39, 0.29) is 17.5 Å². The average Bonchev–Trinajstić information content (AvgIpc) is 2.41. The summed E-state index contributed by atoms with van der Waals surface area (Å²) in [4.78, 5) is 15.8. The summed E-state index contributed by atoms with van der Waals surface area (Å²) in [5.41, 5.74) is 7.88. The number of rotatable bonds is 4. The third-order valence-electron chi connectivity index (χ3n) is 3.07. The van der Waals surface area contributed by atoms with Gasteiger partial charge in [0.1, 0.15) is 11.6 Å². The molecule has 1 amide bonds. The van der Waals surface area contributed by atoms with Gasteiger partial charge in [-0.25, -0.2) is 9.37 Å². The van der Waals surface area contributed by atoms with Crippen LogP contribution in [0.15, 0.2) is 36.5 Å². The molecule has 0 aliphatic rings. The van der Waals surface area contributed by atoms with Gasteiger partial charge in [0.15, 0.2) is 0 Å². The van der Waals surface area contributed by atoms with Crippen molar-refractivity contribution in [1.29, 1.82) is 0 Å². The summed E-state index contributed by atoms with van der Waals surface area (Å²) in [6.45, 7) is 2.30. The predicted molar refractivity (Wildman–Crippen MR) is 75.8 cm³/mol. The van der Waals surface area contributed by atoms with Gasteiger partial charge < -0.3 is 11.1 Å². The Bertz CT molecular complexity index is 628. The molecule has 1 heterocycles. The van der Waals surface area contributed by atoms with E-state index in [0.717, 1.165) is 11.1 Å². The Morgan fingerprint density at radius 1 is 1.40 bits per heavy atom. The average molecular weight is 273 g/mol. The fourth-order valence-corrected chi connectivity index (χ4v) is 1.96. The first-order valence-electron chi connectivity index (χ1n) is 6.31. The summed E-state index contributed by atoms with van der Waals surface area (Å²) in [6.07, 6.45) is 2.17. The summed E-state index contributed by atoms with van der Waals surface area (Å²) in [5.74, 6) is -0.295. The van der Waals surface area contributed by atoms with E-state index in [1.165, 1.54) is 18.3 Å². The Labute approximate surface area is 116 Å². The fourth-order valence-electron chi connectivity index (χ4n) is 1.96. The number of pyridine rings is 1. The molecule has 0 spiro atoms. The molecular formula is C15H16FN3O. The predicted octanol–water partition coefficient (Wildman–Crippen LogP) is 2.08. The maximum absolute atomic E-state index is 13.0. The number of carbonyl (C=O) groups excluding carboxylic acids is 1. The number of nitrogens with one attached hydrogen (secondary N) is 1. The van der Waals surface area contributed by atoms with Gasteiger partial charge >= 0.3 is 0 Å². The molecule has 0 unspecified atom stereocenters. The van der Waals surface area contributed by atoms with Crippen LogP contribution < -0.4 is 11.1 Å².